The van der Waals surface area contributed by atoms with E-state index in [-0.39, 0.29) is 59.0 Å². The predicted octanol–water partition coefficient (Wildman–Crippen LogP) is 3.97. The van der Waals surface area contributed by atoms with E-state index in [1.54, 1.807) is 60.9 Å². The van der Waals surface area contributed by atoms with E-state index < -0.39 is 11.8 Å². The van der Waals surface area contributed by atoms with Crippen molar-refractivity contribution < 1.29 is 69.2 Å². The Bertz CT molecular complexity index is 1840. The first kappa shape index (κ1) is 50.2. The summed E-state index contributed by atoms with van der Waals surface area (Å²) in [5.74, 6) is -0.977. The van der Waals surface area contributed by atoms with Gasteiger partial charge in [-0.1, -0.05) is 109 Å². The van der Waals surface area contributed by atoms with Crippen LogP contribution >= 0.6 is 0 Å². The van der Waals surface area contributed by atoms with Gasteiger partial charge in [-0.05, 0) is 36.4 Å². The van der Waals surface area contributed by atoms with Gasteiger partial charge in [0.05, 0.1) is 11.4 Å². The predicted molar refractivity (Wildman–Crippen MR) is 190 cm³/mol. The molecule has 4 aromatic carbocycles. The summed E-state index contributed by atoms with van der Waals surface area (Å²) in [5.41, 5.74) is 17.0. The maximum Gasteiger partial charge on any atom is 0.118 e. The fraction of sp³-hybridized carbons (Fsp3) is 0. The van der Waals surface area contributed by atoms with Gasteiger partial charge < -0.3 is 43.6 Å². The third-order valence-electron chi connectivity index (χ3n) is 6.77. The van der Waals surface area contributed by atoms with Crippen molar-refractivity contribution in [3.63, 3.8) is 0 Å². The minimum atomic E-state index is -0.488. The number of pyridine rings is 2. The molecule has 0 unspecified atom stereocenters. The van der Waals surface area contributed by atoms with Crippen LogP contribution in [0.4, 0.5) is 11.4 Å². The molecule has 0 spiro atoms. The van der Waals surface area contributed by atoms with Crippen LogP contribution in [0.5, 0.6) is 0 Å². The average molecular weight is 797 g/mol. The van der Waals surface area contributed by atoms with E-state index in [1.807, 2.05) is 97.1 Å². The van der Waals surface area contributed by atoms with Crippen LogP contribution in [0.3, 0.4) is 0 Å². The number of nitrogen functional groups attached to an aromatic ring is 2. The fourth-order valence-electron chi connectivity index (χ4n) is 4.39. The van der Waals surface area contributed by atoms with Gasteiger partial charge in [-0.15, -0.1) is 10.2 Å². The Morgan fingerprint density at radius 1 is 0.407 bits per heavy atom. The van der Waals surface area contributed by atoms with Crippen molar-refractivity contribution in [2.75, 3.05) is 11.5 Å². The molecule has 0 fully saturated rings. The Hall–Kier alpha value is -5.93. The van der Waals surface area contributed by atoms with Crippen LogP contribution in [0.25, 0.3) is 0 Å². The molecule has 6 rings (SSSR count). The molecule has 2 aromatic heterocycles. The van der Waals surface area contributed by atoms with Gasteiger partial charge in [0.1, 0.15) is 11.4 Å². The Kier molecular flexibility index (Phi) is 24.1. The van der Waals surface area contributed by atoms with Crippen LogP contribution in [0, 0.1) is 0 Å². The van der Waals surface area contributed by atoms with Crippen LogP contribution in [0.2, 0.25) is 0 Å². The van der Waals surface area contributed by atoms with Crippen LogP contribution in [0.15, 0.2) is 178 Å². The van der Waals surface area contributed by atoms with Crippen molar-refractivity contribution in [2.24, 2.45) is 20.4 Å². The summed E-state index contributed by atoms with van der Waals surface area (Å²) < 4.78 is 0. The summed E-state index contributed by atoms with van der Waals surface area (Å²) in [7, 11) is 0. The molecule has 54 heavy (non-hydrogen) atoms. The number of nitrogens with zero attached hydrogens (tertiary/aromatic N) is 6. The van der Waals surface area contributed by atoms with Gasteiger partial charge in [-0.3, -0.25) is 9.97 Å². The zero-order valence-electron chi connectivity index (χ0n) is 28.2. The normalized spacial score (nSPS) is 10.8. The zero-order valence-corrected chi connectivity index (χ0v) is 31.0. The SMILES string of the molecule is Nc1ccccc1/C([O-])=N/N=C(\c1ccccc1)c1ccccn1.Nc1ccccc1/C([O-])=N/N=C(\c1ccccc1)c1ccccn1.[O-2].[O-2].[O-2].[O-2].[V].[V]. The van der Waals surface area contributed by atoms with Crippen molar-refractivity contribution in [1.29, 1.82) is 0 Å². The number of benzene rings is 4. The number of hydrogen-bond donors (Lipinski definition) is 2. The topological polar surface area (TPSA) is 287 Å². The van der Waals surface area contributed by atoms with E-state index in [0.29, 0.717) is 45.3 Å². The minimum absolute atomic E-state index is 0. The van der Waals surface area contributed by atoms with E-state index >= 15 is 0 Å². The molecule has 0 bridgehead atoms. The van der Waals surface area contributed by atoms with Gasteiger partial charge in [0.15, 0.2) is 0 Å². The molecule has 0 aliphatic heterocycles. The van der Waals surface area contributed by atoms with Gasteiger partial charge in [-0.25, -0.2) is 0 Å². The maximum atomic E-state index is 12.3. The molecule has 0 aliphatic carbocycles. The fourth-order valence-corrected chi connectivity index (χ4v) is 4.39. The summed E-state index contributed by atoms with van der Waals surface area (Å²) in [6.07, 6.45) is 3.34. The minimum Gasteiger partial charge on any atom is -2.00 e. The molecule has 2 heterocycles. The second kappa shape index (κ2) is 25.9. The molecule has 16 heteroatoms. The molecule has 0 atom stereocenters. The molecule has 0 saturated carbocycles. The van der Waals surface area contributed by atoms with Gasteiger partial charge in [0.2, 0.25) is 0 Å². The van der Waals surface area contributed by atoms with Crippen molar-refractivity contribution in [3.8, 4) is 0 Å². The maximum absolute atomic E-state index is 12.3. The molecule has 0 amide bonds. The van der Waals surface area contributed by atoms with Crippen molar-refractivity contribution in [2.45, 2.75) is 0 Å². The van der Waals surface area contributed by atoms with Crippen LogP contribution in [-0.2, 0) is 59.0 Å². The van der Waals surface area contributed by atoms with Gasteiger partial charge in [0.25, 0.3) is 0 Å². The summed E-state index contributed by atoms with van der Waals surface area (Å²) in [6.45, 7) is 0. The number of nitrogens with two attached hydrogens (primary N) is 2. The number of hydrogen-bond acceptors (Lipinski definition) is 10. The van der Waals surface area contributed by atoms with Crippen LogP contribution in [-0.4, -0.2) is 33.2 Å². The summed E-state index contributed by atoms with van der Waals surface area (Å²) in [4.78, 5) is 8.59. The quantitative estimate of drug-likeness (QED) is 0.0994. The molecular weight excluding hydrogens is 766 g/mol. The molecule has 278 valence electrons. The van der Waals surface area contributed by atoms with Crippen molar-refractivity contribution in [3.05, 3.63) is 192 Å². The van der Waals surface area contributed by atoms with Gasteiger partial charge in [-0.2, -0.15) is 10.2 Å². The Morgan fingerprint density at radius 3 is 1.04 bits per heavy atom. The largest absolute Gasteiger partial charge is 2.00 e. The first-order chi connectivity index (χ1) is 23.5. The van der Waals surface area contributed by atoms with E-state index in [0.717, 1.165) is 11.1 Å². The second-order valence-electron chi connectivity index (χ2n) is 10.0. The molecule has 6 aromatic rings. The van der Waals surface area contributed by atoms with Crippen molar-refractivity contribution in [1.82, 2.24) is 9.97 Å². The van der Waals surface area contributed by atoms with Gasteiger partial charge in [0, 0.05) is 94.9 Å². The smallest absolute Gasteiger partial charge is 0.118 e. The number of aromatic nitrogens is 2. The van der Waals surface area contributed by atoms with E-state index in [9.17, 15) is 10.2 Å². The molecular formula is C38H30N8O6V2-10. The van der Waals surface area contributed by atoms with Crippen LogP contribution in [0.1, 0.15) is 33.6 Å². The molecule has 4 N–H and O–H groups in total. The number of rotatable bonds is 8. The second-order valence-corrected chi connectivity index (χ2v) is 10.0. The molecule has 14 nitrogen and oxygen atoms in total. The standard InChI is InChI=1S/2C19H16N4O.4O.2V/c2*20-16-11-5-4-10-15(16)19(24)23-22-18(14-8-2-1-3-9-14)17-12-6-7-13-21-17;;;;;;/h2*1-13H,20H2,(H,23,24);;;;;;/q;;4*-2;;/p-2/b2*22-18+;;;;;;. The number of para-hydroxylation sites is 2. The third kappa shape index (κ3) is 13.9. The Morgan fingerprint density at radius 2 is 0.722 bits per heavy atom. The molecule has 2 radical (unpaired) electrons. The summed E-state index contributed by atoms with van der Waals surface area (Å²) in [6, 6.07) is 43.5. The van der Waals surface area contributed by atoms with E-state index in [2.05, 4.69) is 30.4 Å². The number of anilines is 2. The monoisotopic (exact) mass is 796 g/mol. The van der Waals surface area contributed by atoms with E-state index in [4.69, 9.17) is 11.5 Å². The van der Waals surface area contributed by atoms with E-state index in [1.165, 1.54) is 0 Å². The average Bonchev–Trinajstić information content (AvgIpc) is 3.14. The van der Waals surface area contributed by atoms with Gasteiger partial charge >= 0.3 is 0 Å². The Balaban J connectivity index is 0. The van der Waals surface area contributed by atoms with Crippen molar-refractivity contribution >= 4 is 34.6 Å². The summed E-state index contributed by atoms with van der Waals surface area (Å²) >= 11 is 0. The first-order valence-corrected chi connectivity index (χ1v) is 14.8. The Labute approximate surface area is 335 Å². The molecule has 0 aliphatic rings. The zero-order chi connectivity index (χ0) is 33.6. The van der Waals surface area contributed by atoms with Crippen LogP contribution < -0.4 is 21.7 Å². The summed E-state index contributed by atoms with van der Waals surface area (Å²) in [5, 5.41) is 40.5. The molecule has 0 saturated heterocycles. The third-order valence-corrected chi connectivity index (χ3v) is 6.77. The first-order valence-electron chi connectivity index (χ1n) is 14.8.